The van der Waals surface area contributed by atoms with Gasteiger partial charge in [-0.1, -0.05) is 0 Å². The summed E-state index contributed by atoms with van der Waals surface area (Å²) < 4.78 is 45.4. The van der Waals surface area contributed by atoms with Crippen molar-refractivity contribution in [2.24, 2.45) is 0 Å². The lowest BCUT2D eigenvalue weighted by Gasteiger charge is -2.22. The zero-order valence-corrected chi connectivity index (χ0v) is 15.2. The van der Waals surface area contributed by atoms with Crippen molar-refractivity contribution in [3.8, 4) is 5.75 Å². The number of likely N-dealkylation sites (tertiary alicyclic amines) is 1. The second kappa shape index (κ2) is 7.93. The minimum atomic E-state index is -4.77. The Balaban J connectivity index is 1.82. The number of hydrogen-bond acceptors (Lipinski definition) is 4. The lowest BCUT2D eigenvalue weighted by atomic mass is 10.2. The summed E-state index contributed by atoms with van der Waals surface area (Å²) in [6.07, 6.45) is -4.74. The van der Waals surface area contributed by atoms with Gasteiger partial charge in [-0.05, 0) is 51.5 Å². The smallest absolute Gasteiger partial charge is 0.444 e. The van der Waals surface area contributed by atoms with E-state index in [9.17, 15) is 22.8 Å². The summed E-state index contributed by atoms with van der Waals surface area (Å²) in [4.78, 5) is 25.5. The van der Waals surface area contributed by atoms with E-state index in [0.29, 0.717) is 25.2 Å². The summed E-state index contributed by atoms with van der Waals surface area (Å²) in [6, 6.07) is 4.21. The number of alkyl carbamates (subject to hydrolysis) is 1. The summed E-state index contributed by atoms with van der Waals surface area (Å²) in [7, 11) is 0. The first-order valence-electron chi connectivity index (χ1n) is 8.32. The number of nitrogens with zero attached hydrogens (tertiary/aromatic N) is 1. The first-order chi connectivity index (χ1) is 12.4. The molecule has 1 aromatic carbocycles. The number of carbonyl (C=O) groups excluding carboxylic acids is 2. The number of hydrogen-bond donors (Lipinski definition) is 2. The predicted molar refractivity (Wildman–Crippen MR) is 91.5 cm³/mol. The van der Waals surface area contributed by atoms with Crippen molar-refractivity contribution in [3.63, 3.8) is 0 Å². The Morgan fingerprint density at radius 2 is 1.78 bits per heavy atom. The third-order valence-corrected chi connectivity index (χ3v) is 3.54. The van der Waals surface area contributed by atoms with Crippen molar-refractivity contribution in [2.75, 3.05) is 18.4 Å². The highest BCUT2D eigenvalue weighted by Gasteiger charge is 2.31. The normalized spacial score (nSPS) is 17.4. The van der Waals surface area contributed by atoms with E-state index in [1.807, 2.05) is 0 Å². The van der Waals surface area contributed by atoms with Gasteiger partial charge in [0.25, 0.3) is 0 Å². The van der Waals surface area contributed by atoms with Crippen LogP contribution >= 0.6 is 0 Å². The van der Waals surface area contributed by atoms with Gasteiger partial charge < -0.3 is 25.0 Å². The second-order valence-electron chi connectivity index (χ2n) is 7.08. The van der Waals surface area contributed by atoms with Gasteiger partial charge in [0.1, 0.15) is 11.4 Å². The molecule has 7 nitrogen and oxygen atoms in total. The van der Waals surface area contributed by atoms with Crippen LogP contribution in [-0.4, -0.2) is 48.1 Å². The fourth-order valence-electron chi connectivity index (χ4n) is 2.48. The molecule has 0 aliphatic carbocycles. The van der Waals surface area contributed by atoms with Gasteiger partial charge in [0, 0.05) is 18.8 Å². The minimum absolute atomic E-state index is 0.229. The molecule has 1 saturated heterocycles. The van der Waals surface area contributed by atoms with Crippen LogP contribution in [0.2, 0.25) is 0 Å². The highest BCUT2D eigenvalue weighted by Crippen LogP contribution is 2.24. The summed E-state index contributed by atoms with van der Waals surface area (Å²) in [5.74, 6) is -0.372. The minimum Gasteiger partial charge on any atom is -0.444 e. The molecule has 0 spiro atoms. The topological polar surface area (TPSA) is 79.9 Å². The van der Waals surface area contributed by atoms with E-state index >= 15 is 0 Å². The Bertz CT molecular complexity index is 671. The fraction of sp³-hybridized carbons (Fsp3) is 0.529. The molecule has 3 amide bonds. The van der Waals surface area contributed by atoms with Crippen LogP contribution in [0.15, 0.2) is 24.3 Å². The Morgan fingerprint density at radius 3 is 2.33 bits per heavy atom. The highest BCUT2D eigenvalue weighted by molar-refractivity contribution is 5.89. The maximum absolute atomic E-state index is 12.2. The quantitative estimate of drug-likeness (QED) is 0.826. The van der Waals surface area contributed by atoms with Crippen molar-refractivity contribution in [3.05, 3.63) is 24.3 Å². The van der Waals surface area contributed by atoms with Gasteiger partial charge >= 0.3 is 18.5 Å². The molecule has 150 valence electrons. The zero-order chi connectivity index (χ0) is 20.2. The number of nitrogens with one attached hydrogen (secondary N) is 2. The van der Waals surface area contributed by atoms with Crippen LogP contribution < -0.4 is 15.4 Å². The van der Waals surface area contributed by atoms with E-state index in [1.165, 1.54) is 17.0 Å². The zero-order valence-electron chi connectivity index (χ0n) is 15.2. The molecular formula is C17H22F3N3O4. The molecule has 1 unspecified atom stereocenters. The van der Waals surface area contributed by atoms with Crippen LogP contribution in [0.5, 0.6) is 5.75 Å². The molecule has 1 atom stereocenters. The van der Waals surface area contributed by atoms with Gasteiger partial charge in [0.05, 0.1) is 6.04 Å². The molecule has 0 radical (unpaired) electrons. The monoisotopic (exact) mass is 389 g/mol. The number of anilines is 1. The largest absolute Gasteiger partial charge is 0.573 e. The molecule has 1 aliphatic heterocycles. The van der Waals surface area contributed by atoms with Crippen molar-refractivity contribution < 1.29 is 32.2 Å². The summed E-state index contributed by atoms with van der Waals surface area (Å²) in [5, 5.41) is 5.30. The third kappa shape index (κ3) is 7.24. The molecule has 0 saturated carbocycles. The number of benzene rings is 1. The van der Waals surface area contributed by atoms with Gasteiger partial charge in [-0.25, -0.2) is 9.59 Å². The molecule has 0 bridgehead atoms. The van der Waals surface area contributed by atoms with Crippen LogP contribution in [-0.2, 0) is 4.74 Å². The van der Waals surface area contributed by atoms with Gasteiger partial charge in [0.2, 0.25) is 0 Å². The molecular weight excluding hydrogens is 367 g/mol. The van der Waals surface area contributed by atoms with E-state index in [2.05, 4.69) is 15.4 Å². The summed E-state index contributed by atoms with van der Waals surface area (Å²) >= 11 is 0. The standard InChI is InChI=1S/C17H22F3N3O4/c1-16(2,3)27-15(25)22-12-8-9-23(10-12)14(24)21-11-4-6-13(7-5-11)26-17(18,19)20/h4-7,12H,8-10H2,1-3H3,(H,21,24)(H,22,25). The molecule has 2 N–H and O–H groups in total. The van der Waals surface area contributed by atoms with Crippen molar-refractivity contribution >= 4 is 17.8 Å². The number of urea groups is 1. The Morgan fingerprint density at radius 1 is 1.15 bits per heavy atom. The molecule has 27 heavy (non-hydrogen) atoms. The average Bonchev–Trinajstić information content (AvgIpc) is 2.94. The van der Waals surface area contributed by atoms with Gasteiger partial charge in [-0.3, -0.25) is 0 Å². The number of alkyl halides is 3. The first-order valence-corrected chi connectivity index (χ1v) is 8.32. The number of carbonyl (C=O) groups is 2. The SMILES string of the molecule is CC(C)(C)OC(=O)NC1CCN(C(=O)Nc2ccc(OC(F)(F)F)cc2)C1. The van der Waals surface area contributed by atoms with Crippen LogP contribution in [0.4, 0.5) is 28.4 Å². The Hall–Kier alpha value is -2.65. The molecule has 1 aliphatic rings. The van der Waals surface area contributed by atoms with E-state index in [1.54, 1.807) is 20.8 Å². The maximum atomic E-state index is 12.2. The maximum Gasteiger partial charge on any atom is 0.573 e. The van der Waals surface area contributed by atoms with Crippen molar-refractivity contribution in [1.82, 2.24) is 10.2 Å². The lowest BCUT2D eigenvalue weighted by molar-refractivity contribution is -0.274. The second-order valence-corrected chi connectivity index (χ2v) is 7.08. The average molecular weight is 389 g/mol. The van der Waals surface area contributed by atoms with E-state index in [-0.39, 0.29) is 11.8 Å². The number of ether oxygens (including phenoxy) is 2. The molecule has 1 heterocycles. The molecule has 2 rings (SSSR count). The Labute approximate surface area is 154 Å². The first kappa shape index (κ1) is 20.7. The van der Waals surface area contributed by atoms with Crippen molar-refractivity contribution in [1.29, 1.82) is 0 Å². The van der Waals surface area contributed by atoms with Crippen molar-refractivity contribution in [2.45, 2.75) is 45.2 Å². The van der Waals surface area contributed by atoms with Crippen LogP contribution in [0, 0.1) is 0 Å². The molecule has 10 heteroatoms. The third-order valence-electron chi connectivity index (χ3n) is 3.54. The van der Waals surface area contributed by atoms with Gasteiger partial charge in [-0.15, -0.1) is 13.2 Å². The van der Waals surface area contributed by atoms with E-state index in [4.69, 9.17) is 4.74 Å². The lowest BCUT2D eigenvalue weighted by Crippen LogP contribution is -2.42. The number of amides is 3. The Kier molecular flexibility index (Phi) is 6.07. The number of halogens is 3. The van der Waals surface area contributed by atoms with E-state index < -0.39 is 24.1 Å². The van der Waals surface area contributed by atoms with Crippen LogP contribution in [0.25, 0.3) is 0 Å². The summed E-state index contributed by atoms with van der Waals surface area (Å²) in [5.41, 5.74) is -0.278. The molecule has 1 fully saturated rings. The van der Waals surface area contributed by atoms with Crippen LogP contribution in [0.3, 0.4) is 0 Å². The van der Waals surface area contributed by atoms with Gasteiger partial charge in [-0.2, -0.15) is 0 Å². The number of rotatable bonds is 3. The fourth-order valence-corrected chi connectivity index (χ4v) is 2.48. The summed E-state index contributed by atoms with van der Waals surface area (Å²) in [6.45, 7) is 6.01. The van der Waals surface area contributed by atoms with Crippen LogP contribution in [0.1, 0.15) is 27.2 Å². The molecule has 0 aromatic heterocycles. The predicted octanol–water partition coefficient (Wildman–Crippen LogP) is 3.72. The molecule has 1 aromatic rings. The van der Waals surface area contributed by atoms with Gasteiger partial charge in [0.15, 0.2) is 0 Å². The van der Waals surface area contributed by atoms with E-state index in [0.717, 1.165) is 12.1 Å². The highest BCUT2D eigenvalue weighted by atomic mass is 19.4.